The summed E-state index contributed by atoms with van der Waals surface area (Å²) in [4.78, 5) is 0. The average molecular weight is 437 g/mol. The lowest BCUT2D eigenvalue weighted by atomic mass is 9.74. The highest BCUT2D eigenvalue weighted by atomic mass is 19.4. The number of unbranched alkanes of at least 4 members (excludes halogenated alkanes) is 1. The summed E-state index contributed by atoms with van der Waals surface area (Å²) in [6.45, 7) is 5.95. The molecule has 4 nitrogen and oxygen atoms in total. The number of fused-ring (bicyclic) bond motifs is 1. The van der Waals surface area contributed by atoms with Crippen LogP contribution in [0.4, 0.5) is 13.2 Å². The quantitative estimate of drug-likeness (QED) is 0.495. The molecule has 2 heterocycles. The molecule has 2 aliphatic heterocycles. The van der Waals surface area contributed by atoms with Crippen molar-refractivity contribution in [3.8, 4) is 0 Å². The molecule has 0 amide bonds. The summed E-state index contributed by atoms with van der Waals surface area (Å²) in [6.07, 6.45) is -0.209. The Morgan fingerprint density at radius 2 is 1.97 bits per heavy atom. The van der Waals surface area contributed by atoms with Crippen LogP contribution in [0.15, 0.2) is 0 Å². The monoisotopic (exact) mass is 436 g/mol. The Kier molecular flexibility index (Phi) is 8.13. The maximum atomic E-state index is 14.3. The first kappa shape index (κ1) is 24.3. The Balaban J connectivity index is 1.74. The number of halogens is 3. The smallest absolute Gasteiger partial charge is 0.368 e. The molecular weight excluding hydrogens is 397 g/mol. The third-order valence-corrected chi connectivity index (χ3v) is 7.79. The highest BCUT2D eigenvalue weighted by Gasteiger charge is 2.57. The molecule has 176 valence electrons. The van der Waals surface area contributed by atoms with E-state index in [0.717, 1.165) is 25.7 Å². The molecule has 7 heteroatoms. The summed E-state index contributed by atoms with van der Waals surface area (Å²) < 4.78 is 60.3. The van der Waals surface area contributed by atoms with E-state index in [2.05, 4.69) is 6.92 Å². The van der Waals surface area contributed by atoms with E-state index in [-0.39, 0.29) is 24.4 Å². The van der Waals surface area contributed by atoms with Gasteiger partial charge in [-0.1, -0.05) is 26.7 Å². The molecule has 3 aliphatic rings. The molecule has 1 N–H and O–H groups in total. The van der Waals surface area contributed by atoms with Crippen LogP contribution in [-0.4, -0.2) is 42.7 Å². The Labute approximate surface area is 178 Å². The highest BCUT2D eigenvalue weighted by molar-refractivity contribution is 4.96. The molecule has 0 aromatic heterocycles. The van der Waals surface area contributed by atoms with Crippen molar-refractivity contribution in [2.45, 2.75) is 116 Å². The van der Waals surface area contributed by atoms with Gasteiger partial charge in [-0.2, -0.15) is 13.2 Å². The number of aliphatic hydroxyl groups excluding tert-OH is 1. The summed E-state index contributed by atoms with van der Waals surface area (Å²) >= 11 is 0. The largest absolute Gasteiger partial charge is 0.396 e. The van der Waals surface area contributed by atoms with Gasteiger partial charge in [-0.15, -0.1) is 0 Å². The third-order valence-electron chi connectivity index (χ3n) is 7.79. The SMILES string of the molecule is CCCC[C@](C)([C@@H](CC[C@H]1[C@H]2CC(O)O[C@H]2C[C@H]1C)OC1CCCCO1)C(F)(F)F. The van der Waals surface area contributed by atoms with Gasteiger partial charge >= 0.3 is 6.18 Å². The van der Waals surface area contributed by atoms with Crippen molar-refractivity contribution in [1.29, 1.82) is 0 Å². The van der Waals surface area contributed by atoms with Crippen molar-refractivity contribution in [2.24, 2.45) is 23.2 Å². The molecule has 0 aromatic carbocycles. The van der Waals surface area contributed by atoms with Gasteiger partial charge in [-0.05, 0) is 69.6 Å². The zero-order chi connectivity index (χ0) is 21.9. The predicted octanol–water partition coefficient (Wildman–Crippen LogP) is 5.82. The summed E-state index contributed by atoms with van der Waals surface area (Å²) in [5.74, 6) is 0.871. The van der Waals surface area contributed by atoms with Gasteiger partial charge in [0.05, 0.1) is 17.6 Å². The first-order valence-corrected chi connectivity index (χ1v) is 11.8. The molecule has 0 spiro atoms. The molecule has 0 radical (unpaired) electrons. The topological polar surface area (TPSA) is 47.9 Å². The lowest BCUT2D eigenvalue weighted by Gasteiger charge is -2.42. The van der Waals surface area contributed by atoms with Crippen LogP contribution in [0.2, 0.25) is 0 Å². The normalized spacial score (nSPS) is 37.7. The maximum Gasteiger partial charge on any atom is 0.396 e. The zero-order valence-corrected chi connectivity index (χ0v) is 18.6. The minimum atomic E-state index is -4.34. The minimum Gasteiger partial charge on any atom is -0.368 e. The van der Waals surface area contributed by atoms with E-state index in [0.29, 0.717) is 44.6 Å². The number of alkyl halides is 3. The molecule has 1 aliphatic carbocycles. The molecule has 3 fully saturated rings. The van der Waals surface area contributed by atoms with E-state index in [4.69, 9.17) is 14.2 Å². The molecule has 1 saturated carbocycles. The number of ether oxygens (including phenoxy) is 3. The van der Waals surface area contributed by atoms with Gasteiger partial charge in [0.15, 0.2) is 12.6 Å². The number of hydrogen-bond acceptors (Lipinski definition) is 4. The van der Waals surface area contributed by atoms with Gasteiger partial charge < -0.3 is 19.3 Å². The van der Waals surface area contributed by atoms with Gasteiger partial charge in [0, 0.05) is 13.0 Å². The zero-order valence-electron chi connectivity index (χ0n) is 18.6. The molecule has 2 saturated heterocycles. The Hall–Kier alpha value is -0.370. The standard InChI is InChI=1S/C23H39F3O4/c1-4-5-11-22(3,23(24,25)26)19(30-21-8-6-7-12-28-21)10-9-16-15(2)13-18-17(16)14-20(27)29-18/h15-21,27H,4-14H2,1-3H3/t15-,16-,17-,18+,19-,20?,21?,22-/m1/s1. The lowest BCUT2D eigenvalue weighted by Crippen LogP contribution is -2.48. The Bertz CT molecular complexity index is 537. The van der Waals surface area contributed by atoms with Crippen LogP contribution in [0.3, 0.4) is 0 Å². The van der Waals surface area contributed by atoms with Crippen molar-refractivity contribution in [3.05, 3.63) is 0 Å². The van der Waals surface area contributed by atoms with Crippen LogP contribution in [0, 0.1) is 23.2 Å². The predicted molar refractivity (Wildman–Crippen MR) is 108 cm³/mol. The minimum absolute atomic E-state index is 0.0372. The molecular formula is C23H39F3O4. The molecule has 2 unspecified atom stereocenters. The summed E-state index contributed by atoms with van der Waals surface area (Å²) in [7, 11) is 0. The third kappa shape index (κ3) is 5.33. The fourth-order valence-corrected chi connectivity index (χ4v) is 5.80. The van der Waals surface area contributed by atoms with Crippen LogP contribution < -0.4 is 0 Å². The maximum absolute atomic E-state index is 14.3. The number of aliphatic hydroxyl groups is 1. The molecule has 0 bridgehead atoms. The fraction of sp³-hybridized carbons (Fsp3) is 1.00. The summed E-state index contributed by atoms with van der Waals surface area (Å²) in [5, 5.41) is 9.85. The van der Waals surface area contributed by atoms with E-state index in [9.17, 15) is 18.3 Å². The van der Waals surface area contributed by atoms with E-state index in [1.54, 1.807) is 0 Å². The van der Waals surface area contributed by atoms with Gasteiger partial charge in [0.2, 0.25) is 0 Å². The van der Waals surface area contributed by atoms with Crippen molar-refractivity contribution in [2.75, 3.05) is 6.61 Å². The number of hydrogen-bond donors (Lipinski definition) is 1. The van der Waals surface area contributed by atoms with E-state index in [1.807, 2.05) is 6.92 Å². The second-order valence-corrected chi connectivity index (χ2v) is 9.92. The Morgan fingerprint density at radius 3 is 2.60 bits per heavy atom. The summed E-state index contributed by atoms with van der Waals surface area (Å²) in [5.41, 5.74) is -1.89. The van der Waals surface area contributed by atoms with Crippen molar-refractivity contribution in [3.63, 3.8) is 0 Å². The first-order valence-electron chi connectivity index (χ1n) is 11.8. The summed E-state index contributed by atoms with van der Waals surface area (Å²) in [6, 6.07) is 0. The van der Waals surface area contributed by atoms with Crippen LogP contribution in [0.1, 0.15) is 85.0 Å². The van der Waals surface area contributed by atoms with Gasteiger partial charge in [0.1, 0.15) is 0 Å². The van der Waals surface area contributed by atoms with E-state index < -0.39 is 30.3 Å². The van der Waals surface area contributed by atoms with Crippen molar-refractivity contribution < 1.29 is 32.5 Å². The second kappa shape index (κ2) is 10.1. The lowest BCUT2D eigenvalue weighted by molar-refractivity contribution is -0.290. The molecule has 0 aromatic rings. The van der Waals surface area contributed by atoms with E-state index >= 15 is 0 Å². The van der Waals surface area contributed by atoms with Crippen LogP contribution in [0.25, 0.3) is 0 Å². The second-order valence-electron chi connectivity index (χ2n) is 9.92. The van der Waals surface area contributed by atoms with E-state index in [1.165, 1.54) is 6.92 Å². The molecule has 8 atom stereocenters. The van der Waals surface area contributed by atoms with Crippen LogP contribution in [-0.2, 0) is 14.2 Å². The first-order chi connectivity index (χ1) is 14.2. The highest BCUT2D eigenvalue weighted by Crippen LogP contribution is 2.51. The van der Waals surface area contributed by atoms with Gasteiger partial charge in [-0.3, -0.25) is 0 Å². The number of rotatable bonds is 9. The average Bonchev–Trinajstić information content (AvgIpc) is 3.17. The van der Waals surface area contributed by atoms with Gasteiger partial charge in [0.25, 0.3) is 0 Å². The molecule has 3 rings (SSSR count). The Morgan fingerprint density at radius 1 is 1.20 bits per heavy atom. The van der Waals surface area contributed by atoms with Crippen LogP contribution in [0.5, 0.6) is 0 Å². The van der Waals surface area contributed by atoms with Crippen molar-refractivity contribution in [1.82, 2.24) is 0 Å². The van der Waals surface area contributed by atoms with Crippen LogP contribution >= 0.6 is 0 Å². The van der Waals surface area contributed by atoms with Crippen molar-refractivity contribution >= 4 is 0 Å². The molecule has 30 heavy (non-hydrogen) atoms. The fourth-order valence-electron chi connectivity index (χ4n) is 5.80. The van der Waals surface area contributed by atoms with Gasteiger partial charge in [-0.25, -0.2) is 0 Å².